The van der Waals surface area contributed by atoms with Crippen LogP contribution in [0, 0.1) is 0 Å². The van der Waals surface area contributed by atoms with Gasteiger partial charge < -0.3 is 14.8 Å². The van der Waals surface area contributed by atoms with Crippen molar-refractivity contribution in [1.82, 2.24) is 0 Å². The van der Waals surface area contributed by atoms with E-state index in [1.165, 1.54) is 0 Å². The van der Waals surface area contributed by atoms with Crippen molar-refractivity contribution < 1.29 is 14.3 Å². The first kappa shape index (κ1) is 20.1. The van der Waals surface area contributed by atoms with Crippen molar-refractivity contribution >= 4 is 34.8 Å². The van der Waals surface area contributed by atoms with Gasteiger partial charge in [0.1, 0.15) is 6.61 Å². The minimum atomic E-state index is -0.308. The van der Waals surface area contributed by atoms with Crippen molar-refractivity contribution in [3.05, 3.63) is 87.9 Å². The number of rotatable bonds is 7. The van der Waals surface area contributed by atoms with Gasteiger partial charge in [0.05, 0.1) is 11.6 Å². The van der Waals surface area contributed by atoms with Crippen molar-refractivity contribution in [2.24, 2.45) is 0 Å². The van der Waals surface area contributed by atoms with Crippen LogP contribution in [0.3, 0.4) is 0 Å². The normalized spacial score (nSPS) is 10.4. The maximum atomic E-state index is 12.6. The predicted molar refractivity (Wildman–Crippen MR) is 113 cm³/mol. The van der Waals surface area contributed by atoms with Crippen LogP contribution in [0.2, 0.25) is 10.0 Å². The lowest BCUT2D eigenvalue weighted by Crippen LogP contribution is -2.12. The summed E-state index contributed by atoms with van der Waals surface area (Å²) in [5.74, 6) is 0.527. The molecule has 0 atom stereocenters. The van der Waals surface area contributed by atoms with E-state index in [2.05, 4.69) is 5.32 Å². The summed E-state index contributed by atoms with van der Waals surface area (Å²) in [6.07, 6.45) is 0. The monoisotopic (exact) mass is 415 g/mol. The van der Waals surface area contributed by atoms with E-state index in [9.17, 15) is 4.79 Å². The van der Waals surface area contributed by atoms with E-state index < -0.39 is 0 Å². The molecule has 4 nitrogen and oxygen atoms in total. The number of halogens is 2. The molecule has 3 aromatic rings. The SMILES string of the molecule is CCOc1c(Cl)cc(C(=O)Nc2ccc(Cl)cc2)cc1OCc1ccccc1. The van der Waals surface area contributed by atoms with Crippen LogP contribution in [-0.2, 0) is 6.61 Å². The van der Waals surface area contributed by atoms with Crippen molar-refractivity contribution in [2.75, 3.05) is 11.9 Å². The van der Waals surface area contributed by atoms with E-state index in [1.54, 1.807) is 36.4 Å². The van der Waals surface area contributed by atoms with Crippen molar-refractivity contribution in [1.29, 1.82) is 0 Å². The highest BCUT2D eigenvalue weighted by Crippen LogP contribution is 2.37. The third kappa shape index (κ3) is 5.18. The summed E-state index contributed by atoms with van der Waals surface area (Å²) in [6.45, 7) is 2.62. The quantitative estimate of drug-likeness (QED) is 0.497. The molecule has 0 spiro atoms. The summed E-state index contributed by atoms with van der Waals surface area (Å²) < 4.78 is 11.5. The maximum absolute atomic E-state index is 12.6. The maximum Gasteiger partial charge on any atom is 0.255 e. The number of hydrogen-bond donors (Lipinski definition) is 1. The molecule has 0 aliphatic carbocycles. The summed E-state index contributed by atoms with van der Waals surface area (Å²) in [5, 5.41) is 3.72. The van der Waals surface area contributed by atoms with Gasteiger partial charge in [0.15, 0.2) is 11.5 Å². The van der Waals surface area contributed by atoms with Crippen LogP contribution in [-0.4, -0.2) is 12.5 Å². The van der Waals surface area contributed by atoms with Crippen LogP contribution in [0.5, 0.6) is 11.5 Å². The Hall–Kier alpha value is -2.69. The van der Waals surface area contributed by atoms with Crippen LogP contribution in [0.15, 0.2) is 66.7 Å². The summed E-state index contributed by atoms with van der Waals surface area (Å²) in [4.78, 5) is 12.6. The summed E-state index contributed by atoms with van der Waals surface area (Å²) in [6, 6.07) is 19.8. The number of amides is 1. The van der Waals surface area contributed by atoms with Crippen LogP contribution in [0.4, 0.5) is 5.69 Å². The van der Waals surface area contributed by atoms with Crippen molar-refractivity contribution in [3.63, 3.8) is 0 Å². The molecule has 0 bridgehead atoms. The first-order valence-electron chi connectivity index (χ1n) is 8.77. The zero-order chi connectivity index (χ0) is 19.9. The van der Waals surface area contributed by atoms with Gasteiger partial charge in [-0.25, -0.2) is 0 Å². The molecule has 0 aliphatic heterocycles. The number of ether oxygens (including phenoxy) is 2. The molecular weight excluding hydrogens is 397 g/mol. The summed E-state index contributed by atoms with van der Waals surface area (Å²) in [7, 11) is 0. The lowest BCUT2D eigenvalue weighted by molar-refractivity contribution is 0.102. The average Bonchev–Trinajstić information content (AvgIpc) is 2.70. The Labute approximate surface area is 174 Å². The van der Waals surface area contributed by atoms with Crippen LogP contribution < -0.4 is 14.8 Å². The molecule has 0 unspecified atom stereocenters. The number of nitrogens with one attached hydrogen (secondary N) is 1. The molecule has 0 saturated carbocycles. The van der Waals surface area contributed by atoms with E-state index in [4.69, 9.17) is 32.7 Å². The van der Waals surface area contributed by atoms with Gasteiger partial charge in [0.2, 0.25) is 0 Å². The minimum Gasteiger partial charge on any atom is -0.488 e. The largest absolute Gasteiger partial charge is 0.488 e. The zero-order valence-electron chi connectivity index (χ0n) is 15.2. The topological polar surface area (TPSA) is 47.6 Å². The van der Waals surface area contributed by atoms with Gasteiger partial charge in [-0.15, -0.1) is 0 Å². The summed E-state index contributed by atoms with van der Waals surface area (Å²) >= 11 is 12.2. The van der Waals surface area contributed by atoms with Gasteiger partial charge in [-0.2, -0.15) is 0 Å². The molecule has 0 aromatic heterocycles. The third-order valence-electron chi connectivity index (χ3n) is 3.90. The molecule has 0 saturated heterocycles. The van der Waals surface area contributed by atoms with E-state index in [-0.39, 0.29) is 5.91 Å². The molecule has 0 aliphatic rings. The summed E-state index contributed by atoms with van der Waals surface area (Å²) in [5.41, 5.74) is 2.00. The number of benzene rings is 3. The number of hydrogen-bond acceptors (Lipinski definition) is 3. The van der Waals surface area contributed by atoms with Gasteiger partial charge in [-0.1, -0.05) is 53.5 Å². The molecule has 144 valence electrons. The number of anilines is 1. The minimum absolute atomic E-state index is 0.308. The molecule has 0 fully saturated rings. The second-order valence-electron chi connectivity index (χ2n) is 5.95. The first-order valence-corrected chi connectivity index (χ1v) is 9.52. The van der Waals surface area contributed by atoms with E-state index in [0.29, 0.717) is 46.0 Å². The van der Waals surface area contributed by atoms with Gasteiger partial charge >= 0.3 is 0 Å². The van der Waals surface area contributed by atoms with Crippen molar-refractivity contribution in [3.8, 4) is 11.5 Å². The van der Waals surface area contributed by atoms with Gasteiger partial charge in [-0.05, 0) is 48.9 Å². The third-order valence-corrected chi connectivity index (χ3v) is 4.43. The molecule has 1 amide bonds. The number of carbonyl (C=O) groups excluding carboxylic acids is 1. The first-order chi connectivity index (χ1) is 13.6. The second kappa shape index (κ2) is 9.49. The fourth-order valence-electron chi connectivity index (χ4n) is 2.56. The molecule has 3 aromatic carbocycles. The Morgan fingerprint density at radius 3 is 2.36 bits per heavy atom. The van der Waals surface area contributed by atoms with Gasteiger partial charge in [-0.3, -0.25) is 4.79 Å². The molecular formula is C22H19Cl2NO3. The number of carbonyl (C=O) groups is 1. The van der Waals surface area contributed by atoms with Gasteiger partial charge in [0, 0.05) is 16.3 Å². The predicted octanol–water partition coefficient (Wildman–Crippen LogP) is 6.22. The highest BCUT2D eigenvalue weighted by atomic mass is 35.5. The Morgan fingerprint density at radius 2 is 1.68 bits per heavy atom. The Balaban J connectivity index is 1.83. The van der Waals surface area contributed by atoms with Crippen LogP contribution in [0.25, 0.3) is 0 Å². The molecule has 6 heteroatoms. The Kier molecular flexibility index (Phi) is 6.80. The highest BCUT2D eigenvalue weighted by Gasteiger charge is 2.17. The van der Waals surface area contributed by atoms with Gasteiger partial charge in [0.25, 0.3) is 5.91 Å². The second-order valence-corrected chi connectivity index (χ2v) is 6.80. The molecule has 1 N–H and O–H groups in total. The van der Waals surface area contributed by atoms with Crippen LogP contribution >= 0.6 is 23.2 Å². The fourth-order valence-corrected chi connectivity index (χ4v) is 2.95. The Morgan fingerprint density at radius 1 is 0.964 bits per heavy atom. The van der Waals surface area contributed by atoms with Crippen molar-refractivity contribution in [2.45, 2.75) is 13.5 Å². The van der Waals surface area contributed by atoms with E-state index in [0.717, 1.165) is 5.56 Å². The highest BCUT2D eigenvalue weighted by molar-refractivity contribution is 6.33. The van der Waals surface area contributed by atoms with E-state index >= 15 is 0 Å². The standard InChI is InChI=1S/C22H19Cl2NO3/c1-2-27-21-19(24)12-16(22(26)25-18-10-8-17(23)9-11-18)13-20(21)28-14-15-6-4-3-5-7-15/h3-13H,2,14H2,1H3,(H,25,26). The molecule has 28 heavy (non-hydrogen) atoms. The lowest BCUT2D eigenvalue weighted by atomic mass is 10.1. The molecule has 0 radical (unpaired) electrons. The Bertz CT molecular complexity index is 944. The van der Waals surface area contributed by atoms with E-state index in [1.807, 2.05) is 37.3 Å². The smallest absolute Gasteiger partial charge is 0.255 e. The average molecular weight is 416 g/mol. The molecule has 0 heterocycles. The lowest BCUT2D eigenvalue weighted by Gasteiger charge is -2.15. The van der Waals surface area contributed by atoms with Crippen LogP contribution in [0.1, 0.15) is 22.8 Å². The fraction of sp³-hybridized carbons (Fsp3) is 0.136. The molecule has 3 rings (SSSR count). The zero-order valence-corrected chi connectivity index (χ0v) is 16.8.